The van der Waals surface area contributed by atoms with Gasteiger partial charge in [0, 0.05) is 57.6 Å². The van der Waals surface area contributed by atoms with Crippen LogP contribution in [0.15, 0.2) is 70.4 Å². The molecule has 166 valence electrons. The Balaban J connectivity index is 1.35. The van der Waals surface area contributed by atoms with Gasteiger partial charge in [0.2, 0.25) is 5.88 Å². The van der Waals surface area contributed by atoms with E-state index in [-0.39, 0.29) is 11.7 Å². The molecule has 0 unspecified atom stereocenters. The number of nitrogens with zero attached hydrogens (tertiary/aromatic N) is 4. The first-order valence-corrected chi connectivity index (χ1v) is 10.3. The van der Waals surface area contributed by atoms with Crippen molar-refractivity contribution in [2.24, 2.45) is 4.99 Å². The van der Waals surface area contributed by atoms with Crippen molar-refractivity contribution >= 4 is 11.9 Å². The summed E-state index contributed by atoms with van der Waals surface area (Å²) in [6, 6.07) is 13.0. The first-order valence-electron chi connectivity index (χ1n) is 10.3. The molecular weight excluding hydrogens is 413 g/mol. The highest BCUT2D eigenvalue weighted by atomic mass is 19.1. The van der Waals surface area contributed by atoms with Crippen molar-refractivity contribution in [3.05, 3.63) is 78.1 Å². The minimum absolute atomic E-state index is 0.105. The van der Waals surface area contributed by atoms with E-state index in [0.29, 0.717) is 50.1 Å². The van der Waals surface area contributed by atoms with E-state index in [1.807, 2.05) is 12.1 Å². The molecule has 4 rings (SSSR count). The van der Waals surface area contributed by atoms with Gasteiger partial charge in [0.1, 0.15) is 11.6 Å². The lowest BCUT2D eigenvalue weighted by Crippen LogP contribution is -2.53. The maximum Gasteiger partial charge on any atom is 0.289 e. The van der Waals surface area contributed by atoms with E-state index in [2.05, 4.69) is 20.2 Å². The van der Waals surface area contributed by atoms with Crippen molar-refractivity contribution in [3.63, 3.8) is 0 Å². The molecule has 2 aromatic heterocycles. The van der Waals surface area contributed by atoms with Crippen molar-refractivity contribution in [1.29, 1.82) is 0 Å². The largest absolute Gasteiger partial charge is 0.459 e. The first-order chi connectivity index (χ1) is 15.6. The van der Waals surface area contributed by atoms with Crippen LogP contribution in [0.25, 0.3) is 0 Å². The monoisotopic (exact) mass is 437 g/mol. The van der Waals surface area contributed by atoms with E-state index >= 15 is 0 Å². The minimum atomic E-state index is -0.372. The number of aromatic nitrogens is 1. The molecule has 1 amide bonds. The molecule has 1 aliphatic heterocycles. The maximum atomic E-state index is 13.5. The predicted molar refractivity (Wildman–Crippen MR) is 117 cm³/mol. The van der Waals surface area contributed by atoms with Gasteiger partial charge < -0.3 is 24.3 Å². The summed E-state index contributed by atoms with van der Waals surface area (Å²) in [6.07, 6.45) is 3.13. The number of furan rings is 1. The number of hydrogen-bond donors (Lipinski definition) is 1. The van der Waals surface area contributed by atoms with Gasteiger partial charge in [-0.15, -0.1) is 0 Å². The van der Waals surface area contributed by atoms with Crippen LogP contribution in [0.4, 0.5) is 4.39 Å². The van der Waals surface area contributed by atoms with E-state index in [0.717, 1.165) is 11.5 Å². The normalized spacial score (nSPS) is 14.4. The second-order valence-corrected chi connectivity index (χ2v) is 7.18. The third kappa shape index (κ3) is 5.05. The molecule has 0 saturated carbocycles. The summed E-state index contributed by atoms with van der Waals surface area (Å²) in [7, 11) is 1.72. The van der Waals surface area contributed by atoms with Crippen molar-refractivity contribution in [1.82, 2.24) is 20.1 Å². The lowest BCUT2D eigenvalue weighted by molar-refractivity contribution is 0.0657. The maximum absolute atomic E-state index is 13.5. The number of ether oxygens (including phenoxy) is 1. The van der Waals surface area contributed by atoms with E-state index in [9.17, 15) is 9.18 Å². The molecule has 1 saturated heterocycles. The number of aliphatic imine (C=N–C) groups is 1. The zero-order valence-corrected chi connectivity index (χ0v) is 17.7. The SMILES string of the molecule is CN=C(NCc1cccnc1Oc1cccc(F)c1)N1CCN(C(=O)c2ccco2)CC1. The fourth-order valence-electron chi connectivity index (χ4n) is 3.48. The molecular formula is C23H24FN5O3. The van der Waals surface area contributed by atoms with Gasteiger partial charge in [-0.2, -0.15) is 0 Å². The number of halogens is 1. The Kier molecular flexibility index (Phi) is 6.64. The van der Waals surface area contributed by atoms with Gasteiger partial charge in [-0.1, -0.05) is 12.1 Å². The van der Waals surface area contributed by atoms with Gasteiger partial charge >= 0.3 is 0 Å². The fraction of sp³-hybridized carbons (Fsp3) is 0.261. The number of hydrogen-bond acceptors (Lipinski definition) is 5. The Hall–Kier alpha value is -3.88. The molecule has 0 bridgehead atoms. The van der Waals surface area contributed by atoms with E-state index < -0.39 is 0 Å². The van der Waals surface area contributed by atoms with Crippen LogP contribution in [0.3, 0.4) is 0 Å². The van der Waals surface area contributed by atoms with Gasteiger partial charge in [0.15, 0.2) is 11.7 Å². The summed E-state index contributed by atoms with van der Waals surface area (Å²) in [5, 5.41) is 3.32. The highest BCUT2D eigenvalue weighted by molar-refractivity contribution is 5.91. The molecule has 1 aromatic carbocycles. The average Bonchev–Trinajstić information content (AvgIpc) is 3.35. The van der Waals surface area contributed by atoms with Gasteiger partial charge in [0.05, 0.1) is 6.26 Å². The number of guanidine groups is 1. The summed E-state index contributed by atoms with van der Waals surface area (Å²) >= 11 is 0. The number of carbonyl (C=O) groups excluding carboxylic acids is 1. The van der Waals surface area contributed by atoms with Gasteiger partial charge in [0.25, 0.3) is 5.91 Å². The molecule has 1 N–H and O–H groups in total. The van der Waals surface area contributed by atoms with Gasteiger partial charge in [-0.25, -0.2) is 9.37 Å². The highest BCUT2D eigenvalue weighted by Gasteiger charge is 2.25. The molecule has 0 radical (unpaired) electrons. The molecule has 0 atom stereocenters. The van der Waals surface area contributed by atoms with Crippen LogP contribution < -0.4 is 10.1 Å². The molecule has 9 heteroatoms. The highest BCUT2D eigenvalue weighted by Crippen LogP contribution is 2.23. The second-order valence-electron chi connectivity index (χ2n) is 7.18. The van der Waals surface area contributed by atoms with Gasteiger partial charge in [-0.3, -0.25) is 9.79 Å². The lowest BCUT2D eigenvalue weighted by atomic mass is 10.2. The van der Waals surface area contributed by atoms with E-state index in [4.69, 9.17) is 9.15 Å². The fourth-order valence-corrected chi connectivity index (χ4v) is 3.48. The Labute approximate surface area is 185 Å². The lowest BCUT2D eigenvalue weighted by Gasteiger charge is -2.36. The minimum Gasteiger partial charge on any atom is -0.459 e. The molecule has 32 heavy (non-hydrogen) atoms. The van der Waals surface area contributed by atoms with Gasteiger partial charge in [-0.05, 0) is 30.3 Å². The van der Waals surface area contributed by atoms with Crippen LogP contribution in [-0.4, -0.2) is 59.9 Å². The first kappa shape index (κ1) is 21.4. The van der Waals surface area contributed by atoms with Crippen LogP contribution >= 0.6 is 0 Å². The molecule has 3 aromatic rings. The Morgan fingerprint density at radius 2 is 1.97 bits per heavy atom. The van der Waals surface area contributed by atoms with E-state index in [1.165, 1.54) is 18.4 Å². The Morgan fingerprint density at radius 1 is 1.16 bits per heavy atom. The van der Waals surface area contributed by atoms with Crippen LogP contribution in [0.1, 0.15) is 16.1 Å². The van der Waals surface area contributed by atoms with E-state index in [1.54, 1.807) is 42.4 Å². The zero-order chi connectivity index (χ0) is 22.3. The molecule has 0 spiro atoms. The van der Waals surface area contributed by atoms with Crippen molar-refractivity contribution in [2.75, 3.05) is 33.2 Å². The number of nitrogens with one attached hydrogen (secondary N) is 1. The number of carbonyl (C=O) groups is 1. The van der Waals surface area contributed by atoms with Crippen LogP contribution in [0.5, 0.6) is 11.6 Å². The number of amides is 1. The van der Waals surface area contributed by atoms with Crippen molar-refractivity contribution in [2.45, 2.75) is 6.54 Å². The smallest absolute Gasteiger partial charge is 0.289 e. The second kappa shape index (κ2) is 9.95. The molecule has 1 aliphatic rings. The zero-order valence-electron chi connectivity index (χ0n) is 17.7. The number of piperazine rings is 1. The topological polar surface area (TPSA) is 83.2 Å². The van der Waals surface area contributed by atoms with Crippen LogP contribution in [0, 0.1) is 5.82 Å². The predicted octanol–water partition coefficient (Wildman–Crippen LogP) is 3.14. The number of pyridine rings is 1. The molecule has 1 fully saturated rings. The number of benzene rings is 1. The third-order valence-electron chi connectivity index (χ3n) is 5.11. The molecule has 8 nitrogen and oxygen atoms in total. The summed E-state index contributed by atoms with van der Waals surface area (Å²) in [6.45, 7) is 2.86. The van der Waals surface area contributed by atoms with Crippen LogP contribution in [-0.2, 0) is 6.54 Å². The van der Waals surface area contributed by atoms with Crippen molar-refractivity contribution < 1.29 is 18.3 Å². The Bertz CT molecular complexity index is 1080. The number of rotatable bonds is 5. The summed E-state index contributed by atoms with van der Waals surface area (Å²) in [5.41, 5.74) is 0.810. The summed E-state index contributed by atoms with van der Waals surface area (Å²) < 4.78 is 24.5. The van der Waals surface area contributed by atoms with Crippen LogP contribution in [0.2, 0.25) is 0 Å². The average molecular weight is 437 g/mol. The quantitative estimate of drug-likeness (QED) is 0.488. The molecule has 3 heterocycles. The Morgan fingerprint density at radius 3 is 2.69 bits per heavy atom. The summed E-state index contributed by atoms with van der Waals surface area (Å²) in [4.78, 5) is 25.0. The molecule has 0 aliphatic carbocycles. The van der Waals surface area contributed by atoms with Crippen molar-refractivity contribution in [3.8, 4) is 11.6 Å². The third-order valence-corrected chi connectivity index (χ3v) is 5.11. The summed E-state index contributed by atoms with van der Waals surface area (Å²) in [5.74, 6) is 1.37. The standard InChI is InChI=1S/C23H24FN5O3/c1-25-23(29-12-10-28(11-13-29)22(30)20-8-4-14-31-20)27-16-17-5-3-9-26-21(17)32-19-7-2-6-18(24)15-19/h2-9,14-15H,10-13,16H2,1H3,(H,25,27).